The van der Waals surface area contributed by atoms with Crippen molar-refractivity contribution in [1.29, 1.82) is 0 Å². The van der Waals surface area contributed by atoms with Crippen molar-refractivity contribution in [3.8, 4) is 11.1 Å². The number of rotatable bonds is 1. The molecule has 1 aliphatic carbocycles. The lowest BCUT2D eigenvalue weighted by Crippen LogP contribution is -1.90. The van der Waals surface area contributed by atoms with Crippen LogP contribution in [-0.4, -0.2) is 0 Å². The SMILES string of the molecule is CC1=Cc2c(-c3ccc4ccccc4c3)cccc2C1Cl. The summed E-state index contributed by atoms with van der Waals surface area (Å²) in [6.07, 6.45) is 2.22. The average Bonchev–Trinajstić information content (AvgIpc) is 2.82. The summed E-state index contributed by atoms with van der Waals surface area (Å²) in [4.78, 5) is 0. The zero-order valence-corrected chi connectivity index (χ0v) is 12.6. The topological polar surface area (TPSA) is 0 Å². The Balaban J connectivity index is 1.94. The summed E-state index contributed by atoms with van der Waals surface area (Å²) in [5.41, 5.74) is 6.23. The molecular formula is C20H15Cl. The molecular weight excluding hydrogens is 276 g/mol. The van der Waals surface area contributed by atoms with E-state index >= 15 is 0 Å². The molecule has 0 nitrogen and oxygen atoms in total. The van der Waals surface area contributed by atoms with Gasteiger partial charge in [-0.05, 0) is 46.0 Å². The van der Waals surface area contributed by atoms with Gasteiger partial charge in [0.2, 0.25) is 0 Å². The van der Waals surface area contributed by atoms with Crippen LogP contribution in [-0.2, 0) is 0 Å². The standard InChI is InChI=1S/C20H15Cl/c1-13-11-19-17(7-4-8-18(19)20(13)21)16-10-9-14-5-2-3-6-15(14)12-16/h2-12,20H,1H3. The van der Waals surface area contributed by atoms with Crippen LogP contribution in [0.3, 0.4) is 0 Å². The first-order chi connectivity index (χ1) is 10.2. The Bertz CT molecular complexity index is 874. The van der Waals surface area contributed by atoms with Gasteiger partial charge in [0.15, 0.2) is 0 Å². The molecule has 0 radical (unpaired) electrons. The number of fused-ring (bicyclic) bond motifs is 2. The van der Waals surface area contributed by atoms with E-state index < -0.39 is 0 Å². The van der Waals surface area contributed by atoms with Crippen molar-refractivity contribution in [1.82, 2.24) is 0 Å². The summed E-state index contributed by atoms with van der Waals surface area (Å²) in [7, 11) is 0. The summed E-state index contributed by atoms with van der Waals surface area (Å²) in [6.45, 7) is 2.10. The van der Waals surface area contributed by atoms with Crippen molar-refractivity contribution >= 4 is 28.4 Å². The molecule has 3 aromatic rings. The largest absolute Gasteiger partial charge is 0.113 e. The van der Waals surface area contributed by atoms with Gasteiger partial charge in [-0.2, -0.15) is 0 Å². The highest BCUT2D eigenvalue weighted by Gasteiger charge is 2.22. The van der Waals surface area contributed by atoms with Crippen LogP contribution in [0.25, 0.3) is 28.0 Å². The van der Waals surface area contributed by atoms with E-state index in [0.29, 0.717) is 0 Å². The van der Waals surface area contributed by atoms with Gasteiger partial charge in [-0.1, -0.05) is 66.2 Å². The van der Waals surface area contributed by atoms with Crippen LogP contribution >= 0.6 is 11.6 Å². The van der Waals surface area contributed by atoms with Gasteiger partial charge < -0.3 is 0 Å². The van der Waals surface area contributed by atoms with Crippen molar-refractivity contribution in [2.45, 2.75) is 12.3 Å². The molecule has 3 aromatic carbocycles. The van der Waals surface area contributed by atoms with Gasteiger partial charge in [0, 0.05) is 0 Å². The number of hydrogen-bond acceptors (Lipinski definition) is 0. The molecule has 0 spiro atoms. The van der Waals surface area contributed by atoms with E-state index in [4.69, 9.17) is 11.6 Å². The highest BCUT2D eigenvalue weighted by atomic mass is 35.5. The third-order valence-electron chi connectivity index (χ3n) is 4.25. The first kappa shape index (κ1) is 12.7. The van der Waals surface area contributed by atoms with Gasteiger partial charge in [0.05, 0.1) is 5.38 Å². The Labute approximate surface area is 129 Å². The van der Waals surface area contributed by atoms with Crippen LogP contribution in [0.15, 0.2) is 66.2 Å². The summed E-state index contributed by atoms with van der Waals surface area (Å²) in [6, 6.07) is 21.5. The molecule has 4 rings (SSSR count). The van der Waals surface area contributed by atoms with Gasteiger partial charge in [0.1, 0.15) is 0 Å². The molecule has 0 saturated heterocycles. The maximum atomic E-state index is 6.48. The van der Waals surface area contributed by atoms with E-state index in [-0.39, 0.29) is 5.38 Å². The zero-order chi connectivity index (χ0) is 14.4. The molecule has 0 heterocycles. The van der Waals surface area contributed by atoms with Gasteiger partial charge >= 0.3 is 0 Å². The Morgan fingerprint density at radius 3 is 2.52 bits per heavy atom. The fourth-order valence-corrected chi connectivity index (χ4v) is 3.37. The molecule has 0 aromatic heterocycles. The minimum atomic E-state index is 0.0143. The van der Waals surface area contributed by atoms with Crippen molar-refractivity contribution < 1.29 is 0 Å². The molecule has 0 saturated carbocycles. The Morgan fingerprint density at radius 2 is 1.67 bits per heavy atom. The van der Waals surface area contributed by atoms with E-state index in [1.54, 1.807) is 0 Å². The lowest BCUT2D eigenvalue weighted by atomic mass is 9.95. The summed E-state index contributed by atoms with van der Waals surface area (Å²) < 4.78 is 0. The highest BCUT2D eigenvalue weighted by Crippen LogP contribution is 2.43. The van der Waals surface area contributed by atoms with E-state index in [1.165, 1.54) is 38.6 Å². The molecule has 0 fully saturated rings. The predicted octanol–water partition coefficient (Wildman–Crippen LogP) is 6.20. The molecule has 1 atom stereocenters. The number of halogens is 1. The van der Waals surface area contributed by atoms with Crippen LogP contribution in [0, 0.1) is 0 Å². The number of hydrogen-bond donors (Lipinski definition) is 0. The van der Waals surface area contributed by atoms with Crippen LogP contribution in [0.2, 0.25) is 0 Å². The van der Waals surface area contributed by atoms with E-state index in [2.05, 4.69) is 73.7 Å². The van der Waals surface area contributed by atoms with Crippen LogP contribution in [0.1, 0.15) is 23.4 Å². The van der Waals surface area contributed by atoms with E-state index in [0.717, 1.165) is 0 Å². The third-order valence-corrected chi connectivity index (χ3v) is 4.82. The van der Waals surface area contributed by atoms with Gasteiger partial charge in [0.25, 0.3) is 0 Å². The molecule has 21 heavy (non-hydrogen) atoms. The van der Waals surface area contributed by atoms with E-state index in [1.807, 2.05) is 0 Å². The Kier molecular flexibility index (Phi) is 2.87. The summed E-state index contributed by atoms with van der Waals surface area (Å²) in [5.74, 6) is 0. The quantitative estimate of drug-likeness (QED) is 0.468. The molecule has 102 valence electrons. The molecule has 0 aliphatic heterocycles. The predicted molar refractivity (Wildman–Crippen MR) is 91.6 cm³/mol. The number of alkyl halides is 1. The zero-order valence-electron chi connectivity index (χ0n) is 11.8. The maximum Gasteiger partial charge on any atom is 0.0802 e. The van der Waals surface area contributed by atoms with Crippen molar-refractivity contribution in [2.24, 2.45) is 0 Å². The fourth-order valence-electron chi connectivity index (χ4n) is 3.12. The van der Waals surface area contributed by atoms with Crippen LogP contribution in [0.4, 0.5) is 0 Å². The Hall–Kier alpha value is -2.05. The normalized spacial score (nSPS) is 16.9. The first-order valence-corrected chi connectivity index (χ1v) is 7.62. The summed E-state index contributed by atoms with van der Waals surface area (Å²) in [5, 5.41) is 2.56. The van der Waals surface area contributed by atoms with Gasteiger partial charge in [-0.25, -0.2) is 0 Å². The monoisotopic (exact) mass is 290 g/mol. The van der Waals surface area contributed by atoms with Gasteiger partial charge in [-0.3, -0.25) is 0 Å². The van der Waals surface area contributed by atoms with Crippen molar-refractivity contribution in [3.63, 3.8) is 0 Å². The number of benzene rings is 3. The van der Waals surface area contributed by atoms with Crippen molar-refractivity contribution in [3.05, 3.63) is 77.4 Å². The number of allylic oxidation sites excluding steroid dienone is 1. The summed E-state index contributed by atoms with van der Waals surface area (Å²) >= 11 is 6.48. The molecule has 1 heteroatoms. The molecule has 0 amide bonds. The minimum absolute atomic E-state index is 0.0143. The average molecular weight is 291 g/mol. The van der Waals surface area contributed by atoms with Crippen molar-refractivity contribution in [2.75, 3.05) is 0 Å². The lowest BCUT2D eigenvalue weighted by molar-refractivity contribution is 1.14. The van der Waals surface area contributed by atoms with Gasteiger partial charge in [-0.15, -0.1) is 11.6 Å². The molecule has 1 aliphatic rings. The van der Waals surface area contributed by atoms with Crippen LogP contribution < -0.4 is 0 Å². The molecule has 0 N–H and O–H groups in total. The van der Waals surface area contributed by atoms with E-state index in [9.17, 15) is 0 Å². The second kappa shape index (κ2) is 4.75. The lowest BCUT2D eigenvalue weighted by Gasteiger charge is -2.10. The fraction of sp³-hybridized carbons (Fsp3) is 0.100. The minimum Gasteiger partial charge on any atom is -0.113 e. The molecule has 1 unspecified atom stereocenters. The molecule has 0 bridgehead atoms. The maximum absolute atomic E-state index is 6.48. The highest BCUT2D eigenvalue weighted by molar-refractivity contribution is 6.24. The first-order valence-electron chi connectivity index (χ1n) is 7.18. The second-order valence-electron chi connectivity index (χ2n) is 5.62. The Morgan fingerprint density at radius 1 is 0.857 bits per heavy atom. The van der Waals surface area contributed by atoms with Crippen LogP contribution in [0.5, 0.6) is 0 Å². The second-order valence-corrected chi connectivity index (χ2v) is 6.06. The third kappa shape index (κ3) is 1.99. The smallest absolute Gasteiger partial charge is 0.0802 e.